The topological polar surface area (TPSA) is 332 Å². The van der Waals surface area contributed by atoms with Gasteiger partial charge in [-0.2, -0.15) is 31.6 Å². The standard InChI is InChI=1S/C25H17ClN4O.C25H16ClN3O.C25H15N5O.C24H14ClN3O.C23H19N5O/c1-15-3-4-16(13-27)11-22(15)30-24-20-12-18(17-5-8-19(26)9-6-17)7-10-21(20)28-14-23(24)29(2)25(30)31;1-15-2-3-16(13-27)10-23(15)29-24(30)12-19-14-28-22-9-6-18(11-21(22)25(19)29)17-4-7-20(26)8-5-17;1-29-23-15-28-22-9-8-19(18-6-2-4-16(10-18)13-26)12-21(22)24(23)30(25(29)31)20-7-3-5-17(11-20)14-27;25-19-7-4-16(5-8-19)17-6-9-22-21(11-17)24-18(14-27-22)12-23(29)28(24)20-3-1-2-15(10-20)13-26;1-26(2)11-5-7-16-9-10-20-19(13-16)22-21(15-25-20)27(3)23(29)28(22)18-8-4-6-17(12-18)14-24/h3-12,14H,1-2H3;2-11,14H,12H2,1H3;2-12,15H,1H3;1-11,14H,12H2;4,6,8-10,12-13,15H,11H2,1-3H3. The van der Waals surface area contributed by atoms with E-state index >= 15 is 0 Å². The number of nitriles is 6. The minimum absolute atomic E-state index is 0.0191. The van der Waals surface area contributed by atoms with Crippen LogP contribution < -0.4 is 26.9 Å². The number of anilines is 4. The van der Waals surface area contributed by atoms with Crippen molar-refractivity contribution in [2.45, 2.75) is 26.7 Å². The van der Waals surface area contributed by atoms with E-state index in [-0.39, 0.29) is 28.9 Å². The molecule has 0 saturated heterocycles. The van der Waals surface area contributed by atoms with Crippen LogP contribution in [0, 0.1) is 93.7 Å². The van der Waals surface area contributed by atoms with Crippen LogP contribution >= 0.6 is 34.8 Å². The van der Waals surface area contributed by atoms with Crippen LogP contribution in [0.1, 0.15) is 61.2 Å². The number of benzene rings is 14. The van der Waals surface area contributed by atoms with Crippen molar-refractivity contribution in [3.05, 3.63) is 436 Å². The molecule has 24 rings (SSSR count). The summed E-state index contributed by atoms with van der Waals surface area (Å²) in [6, 6.07) is 105. The molecule has 0 atom stereocenters. The molecule has 2 aliphatic rings. The molecule has 0 saturated carbocycles. The number of imidazole rings is 3. The van der Waals surface area contributed by atoms with Crippen molar-refractivity contribution in [2.75, 3.05) is 30.4 Å². The number of aromatic nitrogens is 11. The molecule has 0 N–H and O–H groups in total. The molecule has 0 radical (unpaired) electrons. The summed E-state index contributed by atoms with van der Waals surface area (Å²) in [5, 5.41) is 62.2. The van der Waals surface area contributed by atoms with Gasteiger partial charge in [0.15, 0.2) is 0 Å². The van der Waals surface area contributed by atoms with Gasteiger partial charge in [-0.05, 0) is 278 Å². The lowest BCUT2D eigenvalue weighted by Gasteiger charge is -2.22. The summed E-state index contributed by atoms with van der Waals surface area (Å²) in [7, 11) is 9.12. The Morgan fingerprint density at radius 2 is 0.620 bits per heavy atom. The monoisotopic (exact) mass is 2010 g/mol. The molecule has 2 amide bonds. The zero-order valence-corrected chi connectivity index (χ0v) is 83.7. The van der Waals surface area contributed by atoms with E-state index in [1.807, 2.05) is 233 Å². The molecule has 0 unspecified atom stereocenters. The maximum atomic E-state index is 13.3. The van der Waals surface area contributed by atoms with Gasteiger partial charge in [-0.3, -0.25) is 76.6 Å². The number of fused-ring (bicyclic) bond motifs is 15. The largest absolute Gasteiger partial charge is 0.333 e. The third kappa shape index (κ3) is 18.8. The van der Waals surface area contributed by atoms with Gasteiger partial charge in [0.1, 0.15) is 0 Å². The van der Waals surface area contributed by atoms with Crippen molar-refractivity contribution in [3.8, 4) is 110 Å². The Bertz CT molecular complexity index is 9960. The highest BCUT2D eigenvalue weighted by molar-refractivity contribution is 6.31. The first-order valence-corrected chi connectivity index (χ1v) is 48.3. The maximum Gasteiger partial charge on any atom is 0.333 e. The normalized spacial score (nSPS) is 11.7. The minimum Gasteiger partial charge on any atom is -0.299 e. The van der Waals surface area contributed by atoms with Crippen molar-refractivity contribution in [1.82, 2.24) is 57.2 Å². The minimum atomic E-state index is -0.212. The van der Waals surface area contributed by atoms with Gasteiger partial charge in [-0.1, -0.05) is 150 Å². The van der Waals surface area contributed by atoms with Crippen molar-refractivity contribution >= 4 is 157 Å². The second-order valence-electron chi connectivity index (χ2n) is 36.2. The molecule has 0 spiro atoms. The third-order valence-electron chi connectivity index (χ3n) is 26.5. The smallest absolute Gasteiger partial charge is 0.299 e. The second kappa shape index (κ2) is 41.1. The summed E-state index contributed by atoms with van der Waals surface area (Å²) in [5.74, 6) is 6.27. The zero-order valence-electron chi connectivity index (χ0n) is 81.4. The van der Waals surface area contributed by atoms with Crippen molar-refractivity contribution < 1.29 is 9.59 Å². The number of halogens is 3. The quantitative estimate of drug-likeness (QED) is 0.115. The summed E-state index contributed by atoms with van der Waals surface area (Å²) in [4.78, 5) is 93.6. The number of hydrogen-bond acceptors (Lipinski definition) is 17. The maximum absolute atomic E-state index is 13.3. The SMILES string of the molecule is CN(C)CC#Cc1ccc2ncc3c(c2c1)n(-c1cccc(C#N)c1)c(=O)n3C.Cc1ccc(C#N)cc1-n1c(=O)n(C)c2cnc3ccc(-c4ccc(Cl)cc4)cc3c21.Cc1ccc(C#N)cc1N1C(=O)Cc2cnc3ccc(-c4ccc(Cl)cc4)cc3c21.Cn1c(=O)n(-c2cccc(C#N)c2)c2c3cc(-c4cccc(C#N)c4)ccc3ncc21.N#Cc1cccc(N2C(=O)Cc3cnc4ccc(-c5ccc(Cl)cc5)cc4c32)c1. The highest BCUT2D eigenvalue weighted by Crippen LogP contribution is 2.46. The average Bonchev–Trinajstić information content (AvgIpc) is 1.58. The van der Waals surface area contributed by atoms with E-state index in [0.717, 1.165) is 171 Å². The predicted molar refractivity (Wildman–Crippen MR) is 589 cm³/mol. The fourth-order valence-corrected chi connectivity index (χ4v) is 19.3. The summed E-state index contributed by atoms with van der Waals surface area (Å²) < 4.78 is 9.66. The van der Waals surface area contributed by atoms with Crippen LogP contribution in [0.25, 0.3) is 149 Å². The molecule has 28 heteroatoms. The van der Waals surface area contributed by atoms with Crippen molar-refractivity contribution in [3.63, 3.8) is 0 Å². The van der Waals surface area contributed by atoms with E-state index < -0.39 is 0 Å². The van der Waals surface area contributed by atoms with Gasteiger partial charge in [-0.25, -0.2) is 14.4 Å². The Morgan fingerprint density at radius 1 is 0.307 bits per heavy atom. The molecule has 150 heavy (non-hydrogen) atoms. The van der Waals surface area contributed by atoms with Crippen LogP contribution in [0.3, 0.4) is 0 Å². The van der Waals surface area contributed by atoms with Crippen LogP contribution in [0.4, 0.5) is 22.7 Å². The van der Waals surface area contributed by atoms with Crippen LogP contribution in [-0.4, -0.2) is 89.7 Å². The lowest BCUT2D eigenvalue weighted by molar-refractivity contribution is -0.117. The highest BCUT2D eigenvalue weighted by Gasteiger charge is 2.35. The molecule has 0 aliphatic carbocycles. The van der Waals surface area contributed by atoms with Gasteiger partial charge in [0, 0.05) is 92.2 Å². The summed E-state index contributed by atoms with van der Waals surface area (Å²) in [6.07, 6.45) is 9.26. The molecule has 25 nitrogen and oxygen atoms in total. The van der Waals surface area contributed by atoms with E-state index in [0.29, 0.717) is 96.1 Å². The Labute approximate surface area is 873 Å². The zero-order chi connectivity index (χ0) is 105. The first kappa shape index (κ1) is 97.6. The van der Waals surface area contributed by atoms with Gasteiger partial charge in [-0.15, -0.1) is 0 Å². The van der Waals surface area contributed by atoms with E-state index in [2.05, 4.69) is 85.3 Å². The summed E-state index contributed by atoms with van der Waals surface area (Å²) >= 11 is 18.1. The molecular weight excluding hydrogens is 1930 g/mol. The second-order valence-corrected chi connectivity index (χ2v) is 37.5. The van der Waals surface area contributed by atoms with Gasteiger partial charge >= 0.3 is 17.1 Å². The van der Waals surface area contributed by atoms with E-state index in [4.69, 9.17) is 34.8 Å². The molecular formula is C122H81Cl3N20O5. The van der Waals surface area contributed by atoms with Gasteiger partial charge < -0.3 is 0 Å². The fraction of sp³-hybridized carbons (Fsp3) is 0.0820. The van der Waals surface area contributed by atoms with Crippen LogP contribution in [-0.2, 0) is 43.6 Å². The molecule has 22 aromatic rings. The number of rotatable bonds is 10. The molecule has 720 valence electrons. The molecule has 0 bridgehead atoms. The van der Waals surface area contributed by atoms with Crippen LogP contribution in [0.15, 0.2) is 343 Å². The number of aryl methyl sites for hydroxylation is 5. The van der Waals surface area contributed by atoms with E-state index in [9.17, 15) is 55.5 Å². The molecule has 0 fully saturated rings. The van der Waals surface area contributed by atoms with Crippen LogP contribution in [0.2, 0.25) is 15.1 Å². The Morgan fingerprint density at radius 3 is 1.05 bits per heavy atom. The number of pyridine rings is 5. The van der Waals surface area contributed by atoms with Gasteiger partial charge in [0.05, 0.1) is 208 Å². The number of nitrogens with zero attached hydrogens (tertiary/aromatic N) is 20. The van der Waals surface area contributed by atoms with Gasteiger partial charge in [0.2, 0.25) is 11.8 Å². The lowest BCUT2D eigenvalue weighted by Crippen LogP contribution is -2.22. The molecule has 10 heterocycles. The van der Waals surface area contributed by atoms with Crippen molar-refractivity contribution in [1.29, 1.82) is 31.6 Å². The first-order valence-electron chi connectivity index (χ1n) is 47.2. The molecule has 2 aliphatic heterocycles. The Kier molecular flexibility index (Phi) is 26.8. The van der Waals surface area contributed by atoms with Crippen LogP contribution in [0.5, 0.6) is 0 Å². The summed E-state index contributed by atoms with van der Waals surface area (Å²) in [5.41, 5.74) is 28.5. The van der Waals surface area contributed by atoms with E-state index in [1.54, 1.807) is 174 Å². The summed E-state index contributed by atoms with van der Waals surface area (Å²) in [6.45, 7) is 4.55. The highest BCUT2D eigenvalue weighted by atomic mass is 35.5. The van der Waals surface area contributed by atoms with Crippen molar-refractivity contribution in [2.24, 2.45) is 21.1 Å². The number of amides is 2. The number of hydrogen-bond donors (Lipinski definition) is 0. The third-order valence-corrected chi connectivity index (χ3v) is 27.2. The number of carbonyl (C=O) groups excluding carboxylic acids is 2. The first-order chi connectivity index (χ1) is 72.7. The average molecular weight is 2010 g/mol. The molecule has 8 aromatic heterocycles. The number of carbonyl (C=O) groups is 2. The lowest BCUT2D eigenvalue weighted by atomic mass is 10.0. The Hall–Kier alpha value is -19.8. The molecule has 14 aromatic carbocycles. The Balaban J connectivity index is 0.000000113. The van der Waals surface area contributed by atoms with E-state index in [1.165, 1.54) is 0 Å². The predicted octanol–water partition coefficient (Wildman–Crippen LogP) is 23.9. The fourth-order valence-electron chi connectivity index (χ4n) is 19.0. The van der Waals surface area contributed by atoms with Gasteiger partial charge in [0.25, 0.3) is 0 Å².